The van der Waals surface area contributed by atoms with Crippen LogP contribution in [0.1, 0.15) is 111 Å². The standard InChI is InChI=1S/C38H57N3O6/c1-11-12-13-17-23-41(34(43)31(26(2)3)40-36(45)47-38(8,9)10)32(29-22-18-19-27(4)24-29)33(42)39-30(35(44)46-37(5,6)7)25-28-20-15-14-16-21-28/h14-16,18-22,24,26,30-32H,11-13,17,23,25H2,1-10H3,(H,39,42)(H,40,45). The third-order valence-corrected chi connectivity index (χ3v) is 7.35. The Hall–Kier alpha value is -3.88. The highest BCUT2D eigenvalue weighted by molar-refractivity contribution is 5.94. The lowest BCUT2D eigenvalue weighted by molar-refractivity contribution is -0.159. The molecule has 3 unspecified atom stereocenters. The molecule has 0 fully saturated rings. The minimum absolute atomic E-state index is 0.210. The van der Waals surface area contributed by atoms with E-state index in [9.17, 15) is 19.2 Å². The van der Waals surface area contributed by atoms with Crippen molar-refractivity contribution in [1.82, 2.24) is 15.5 Å². The van der Waals surface area contributed by atoms with Crippen molar-refractivity contribution in [2.24, 2.45) is 5.92 Å². The van der Waals surface area contributed by atoms with Crippen molar-refractivity contribution >= 4 is 23.9 Å². The molecule has 2 rings (SSSR count). The number of nitrogens with zero attached hydrogens (tertiary/aromatic N) is 1. The maximum absolute atomic E-state index is 14.5. The highest BCUT2D eigenvalue weighted by Gasteiger charge is 2.39. The summed E-state index contributed by atoms with van der Waals surface area (Å²) in [4.78, 5) is 57.0. The summed E-state index contributed by atoms with van der Waals surface area (Å²) in [6.45, 7) is 18.6. The molecule has 9 heteroatoms. The van der Waals surface area contributed by atoms with E-state index >= 15 is 0 Å². The van der Waals surface area contributed by atoms with E-state index in [1.807, 2.05) is 75.4 Å². The van der Waals surface area contributed by atoms with E-state index in [4.69, 9.17) is 9.47 Å². The summed E-state index contributed by atoms with van der Waals surface area (Å²) in [5.41, 5.74) is 0.845. The van der Waals surface area contributed by atoms with E-state index in [-0.39, 0.29) is 18.9 Å². The van der Waals surface area contributed by atoms with Crippen molar-refractivity contribution < 1.29 is 28.7 Å². The number of aryl methyl sites for hydroxylation is 1. The van der Waals surface area contributed by atoms with Crippen molar-refractivity contribution in [2.45, 2.75) is 131 Å². The Morgan fingerprint density at radius 3 is 2.00 bits per heavy atom. The number of unbranched alkanes of at least 4 members (excludes halogenated alkanes) is 3. The van der Waals surface area contributed by atoms with Crippen LogP contribution in [0, 0.1) is 12.8 Å². The van der Waals surface area contributed by atoms with Crippen LogP contribution in [0.5, 0.6) is 0 Å². The van der Waals surface area contributed by atoms with Gasteiger partial charge >= 0.3 is 12.1 Å². The topological polar surface area (TPSA) is 114 Å². The SMILES string of the molecule is CCCCCCN(C(=O)C(NC(=O)OC(C)(C)C)C(C)C)C(C(=O)NC(Cc1ccccc1)C(=O)OC(C)(C)C)c1cccc(C)c1. The summed E-state index contributed by atoms with van der Waals surface area (Å²) < 4.78 is 11.2. The first-order chi connectivity index (χ1) is 21.9. The molecule has 0 saturated heterocycles. The fraction of sp³-hybridized carbons (Fsp3) is 0.579. The number of carbonyl (C=O) groups is 4. The molecule has 0 bridgehead atoms. The van der Waals surface area contributed by atoms with Crippen molar-refractivity contribution in [3.05, 3.63) is 71.3 Å². The Labute approximate surface area is 282 Å². The van der Waals surface area contributed by atoms with Crippen LogP contribution < -0.4 is 10.6 Å². The molecule has 0 spiro atoms. The first kappa shape index (κ1) is 39.3. The van der Waals surface area contributed by atoms with Gasteiger partial charge in [0.25, 0.3) is 0 Å². The molecule has 0 radical (unpaired) electrons. The number of amides is 3. The van der Waals surface area contributed by atoms with Gasteiger partial charge in [-0.1, -0.05) is 100 Å². The van der Waals surface area contributed by atoms with Gasteiger partial charge in [0.15, 0.2) is 0 Å². The number of rotatable bonds is 15. The van der Waals surface area contributed by atoms with Gasteiger partial charge in [-0.15, -0.1) is 0 Å². The van der Waals surface area contributed by atoms with Crippen LogP contribution >= 0.6 is 0 Å². The zero-order valence-electron chi connectivity index (χ0n) is 30.1. The fourth-order valence-corrected chi connectivity index (χ4v) is 5.18. The van der Waals surface area contributed by atoms with Gasteiger partial charge < -0.3 is 25.0 Å². The molecule has 2 aromatic carbocycles. The second-order valence-corrected chi connectivity index (χ2v) is 14.6. The van der Waals surface area contributed by atoms with E-state index < -0.39 is 53.2 Å². The van der Waals surface area contributed by atoms with Gasteiger partial charge in [0.05, 0.1) is 0 Å². The summed E-state index contributed by atoms with van der Waals surface area (Å²) >= 11 is 0. The van der Waals surface area contributed by atoms with Crippen molar-refractivity contribution in [3.63, 3.8) is 0 Å². The minimum Gasteiger partial charge on any atom is -0.458 e. The Morgan fingerprint density at radius 1 is 0.809 bits per heavy atom. The monoisotopic (exact) mass is 651 g/mol. The van der Waals surface area contributed by atoms with E-state index in [1.54, 1.807) is 46.4 Å². The molecule has 3 atom stereocenters. The summed E-state index contributed by atoms with van der Waals surface area (Å²) in [5, 5.41) is 5.73. The fourth-order valence-electron chi connectivity index (χ4n) is 5.18. The van der Waals surface area contributed by atoms with Gasteiger partial charge in [0, 0.05) is 13.0 Å². The number of benzene rings is 2. The molecule has 0 aliphatic rings. The van der Waals surface area contributed by atoms with Gasteiger partial charge in [-0.3, -0.25) is 9.59 Å². The van der Waals surface area contributed by atoms with E-state index in [0.29, 0.717) is 12.0 Å². The second-order valence-electron chi connectivity index (χ2n) is 14.6. The maximum atomic E-state index is 14.5. The lowest BCUT2D eigenvalue weighted by Crippen LogP contribution is -2.56. The van der Waals surface area contributed by atoms with Crippen molar-refractivity contribution in [2.75, 3.05) is 6.54 Å². The molecule has 0 aromatic heterocycles. The number of carbonyl (C=O) groups excluding carboxylic acids is 4. The molecule has 0 heterocycles. The van der Waals surface area contributed by atoms with Crippen LogP contribution in [-0.4, -0.2) is 58.6 Å². The molecule has 0 aliphatic carbocycles. The normalized spacial score (nSPS) is 13.7. The van der Waals surface area contributed by atoms with E-state index in [0.717, 1.165) is 30.4 Å². The van der Waals surface area contributed by atoms with Gasteiger partial charge in [-0.25, -0.2) is 9.59 Å². The zero-order chi connectivity index (χ0) is 35.4. The van der Waals surface area contributed by atoms with E-state index in [1.165, 1.54) is 0 Å². The van der Waals surface area contributed by atoms with Gasteiger partial charge in [0.2, 0.25) is 11.8 Å². The average Bonchev–Trinajstić information content (AvgIpc) is 2.95. The first-order valence-corrected chi connectivity index (χ1v) is 16.9. The van der Waals surface area contributed by atoms with Crippen LogP contribution in [-0.2, 0) is 30.3 Å². The zero-order valence-corrected chi connectivity index (χ0v) is 30.1. The summed E-state index contributed by atoms with van der Waals surface area (Å²) in [6.07, 6.45) is 3.00. The van der Waals surface area contributed by atoms with Crippen LogP contribution in [0.3, 0.4) is 0 Å². The number of hydrogen-bond acceptors (Lipinski definition) is 6. The third-order valence-electron chi connectivity index (χ3n) is 7.35. The van der Waals surface area contributed by atoms with Crippen LogP contribution in [0.4, 0.5) is 4.79 Å². The quantitative estimate of drug-likeness (QED) is 0.157. The van der Waals surface area contributed by atoms with Gasteiger partial charge in [0.1, 0.15) is 29.3 Å². The number of ether oxygens (including phenoxy) is 2. The van der Waals surface area contributed by atoms with Crippen LogP contribution in [0.2, 0.25) is 0 Å². The molecule has 0 saturated carbocycles. The summed E-state index contributed by atoms with van der Waals surface area (Å²) in [5.74, 6) is -1.78. The van der Waals surface area contributed by atoms with Crippen LogP contribution in [0.15, 0.2) is 54.6 Å². The highest BCUT2D eigenvalue weighted by atomic mass is 16.6. The van der Waals surface area contributed by atoms with E-state index in [2.05, 4.69) is 17.6 Å². The number of alkyl carbamates (subject to hydrolysis) is 1. The maximum Gasteiger partial charge on any atom is 0.408 e. The van der Waals surface area contributed by atoms with Crippen LogP contribution in [0.25, 0.3) is 0 Å². The lowest BCUT2D eigenvalue weighted by Gasteiger charge is -2.36. The number of nitrogens with one attached hydrogen (secondary N) is 2. The highest BCUT2D eigenvalue weighted by Crippen LogP contribution is 2.26. The number of esters is 1. The minimum atomic E-state index is -1.08. The molecule has 260 valence electrons. The Balaban J connectivity index is 2.61. The molecular weight excluding hydrogens is 594 g/mol. The predicted octanol–water partition coefficient (Wildman–Crippen LogP) is 7.06. The third kappa shape index (κ3) is 13.8. The Bertz CT molecular complexity index is 1310. The molecular formula is C38H57N3O6. The molecule has 3 amide bonds. The average molecular weight is 652 g/mol. The van der Waals surface area contributed by atoms with Gasteiger partial charge in [-0.2, -0.15) is 0 Å². The molecule has 0 aliphatic heterocycles. The smallest absolute Gasteiger partial charge is 0.408 e. The molecule has 2 aromatic rings. The summed E-state index contributed by atoms with van der Waals surface area (Å²) in [7, 11) is 0. The van der Waals surface area contributed by atoms with Gasteiger partial charge in [-0.05, 0) is 71.9 Å². The first-order valence-electron chi connectivity index (χ1n) is 16.9. The Morgan fingerprint density at radius 2 is 1.45 bits per heavy atom. The largest absolute Gasteiger partial charge is 0.458 e. The Kier molecular flexibility index (Phi) is 14.9. The lowest BCUT2D eigenvalue weighted by atomic mass is 9.97. The predicted molar refractivity (Wildman–Crippen MR) is 186 cm³/mol. The number of hydrogen-bond donors (Lipinski definition) is 2. The van der Waals surface area contributed by atoms with Crippen molar-refractivity contribution in [3.8, 4) is 0 Å². The van der Waals surface area contributed by atoms with Crippen molar-refractivity contribution in [1.29, 1.82) is 0 Å². The summed E-state index contributed by atoms with van der Waals surface area (Å²) in [6, 6.07) is 13.8. The second kappa shape index (κ2) is 17.9. The molecule has 2 N–H and O–H groups in total. The molecule has 9 nitrogen and oxygen atoms in total. The molecule has 47 heavy (non-hydrogen) atoms.